The molecular weight excluding hydrogens is 344 g/mol. The van der Waals surface area contributed by atoms with Gasteiger partial charge in [-0.2, -0.15) is 4.31 Å². The van der Waals surface area contributed by atoms with E-state index in [0.717, 1.165) is 12.1 Å². The minimum absolute atomic E-state index is 0.136. The van der Waals surface area contributed by atoms with Crippen LogP contribution in [0.15, 0.2) is 47.4 Å². The molecule has 2 aromatic rings. The van der Waals surface area contributed by atoms with Crippen molar-refractivity contribution in [2.24, 2.45) is 0 Å². The number of hydrogen-bond donors (Lipinski definition) is 0. The molecule has 3 rings (SSSR count). The Morgan fingerprint density at radius 1 is 1.04 bits per heavy atom. The Labute approximate surface area is 138 Å². The van der Waals surface area contributed by atoms with Crippen LogP contribution in [0.2, 0.25) is 5.02 Å². The first kappa shape index (κ1) is 16.4. The second kappa shape index (κ2) is 6.19. The van der Waals surface area contributed by atoms with E-state index in [1.54, 1.807) is 0 Å². The highest BCUT2D eigenvalue weighted by atomic mass is 35.5. The number of benzene rings is 2. The molecule has 122 valence electrons. The Morgan fingerprint density at radius 2 is 1.74 bits per heavy atom. The molecule has 0 spiro atoms. The van der Waals surface area contributed by atoms with Gasteiger partial charge in [0.05, 0.1) is 10.9 Å². The van der Waals surface area contributed by atoms with Gasteiger partial charge < -0.3 is 0 Å². The summed E-state index contributed by atoms with van der Waals surface area (Å²) in [6.07, 6.45) is 1.23. The van der Waals surface area contributed by atoms with Crippen LogP contribution in [0, 0.1) is 11.6 Å². The lowest BCUT2D eigenvalue weighted by molar-refractivity contribution is 0.394. The fourth-order valence-corrected chi connectivity index (χ4v) is 4.63. The summed E-state index contributed by atoms with van der Waals surface area (Å²) >= 11 is 5.79. The molecule has 0 N–H and O–H groups in total. The summed E-state index contributed by atoms with van der Waals surface area (Å²) in [7, 11) is -3.72. The van der Waals surface area contributed by atoms with E-state index in [2.05, 4.69) is 0 Å². The van der Waals surface area contributed by atoms with Gasteiger partial charge in [-0.15, -0.1) is 0 Å². The molecular formula is C16H14ClF2NO2S. The van der Waals surface area contributed by atoms with Gasteiger partial charge in [0.15, 0.2) is 11.6 Å². The lowest BCUT2D eigenvalue weighted by Crippen LogP contribution is -2.30. The molecule has 0 saturated carbocycles. The summed E-state index contributed by atoms with van der Waals surface area (Å²) in [6.45, 7) is 0.342. The summed E-state index contributed by atoms with van der Waals surface area (Å²) in [5.74, 6) is -1.92. The second-order valence-electron chi connectivity index (χ2n) is 5.40. The van der Waals surface area contributed by atoms with Gasteiger partial charge in [0.2, 0.25) is 10.0 Å². The molecule has 23 heavy (non-hydrogen) atoms. The van der Waals surface area contributed by atoms with Crippen LogP contribution >= 0.6 is 11.6 Å². The summed E-state index contributed by atoms with van der Waals surface area (Å²) in [5, 5.41) is 0.447. The fourth-order valence-electron chi connectivity index (χ4n) is 2.82. The third kappa shape index (κ3) is 3.11. The van der Waals surface area contributed by atoms with Crippen molar-refractivity contribution in [3.05, 3.63) is 64.7 Å². The predicted molar refractivity (Wildman–Crippen MR) is 83.7 cm³/mol. The van der Waals surface area contributed by atoms with Crippen molar-refractivity contribution in [3.8, 4) is 0 Å². The van der Waals surface area contributed by atoms with Gasteiger partial charge in [0.25, 0.3) is 0 Å². The first-order chi connectivity index (χ1) is 10.9. The lowest BCUT2D eigenvalue weighted by Gasteiger charge is -2.24. The Morgan fingerprint density at radius 3 is 2.39 bits per heavy atom. The van der Waals surface area contributed by atoms with E-state index < -0.39 is 27.7 Å². The van der Waals surface area contributed by atoms with Crippen LogP contribution in [0.3, 0.4) is 0 Å². The van der Waals surface area contributed by atoms with Crippen molar-refractivity contribution < 1.29 is 17.2 Å². The third-order valence-corrected chi connectivity index (χ3v) is 6.13. The molecule has 1 aliphatic rings. The molecule has 1 saturated heterocycles. The fraction of sp³-hybridized carbons (Fsp3) is 0.250. The van der Waals surface area contributed by atoms with Crippen LogP contribution in [0.25, 0.3) is 0 Å². The molecule has 0 aliphatic carbocycles. The van der Waals surface area contributed by atoms with Crippen LogP contribution in [-0.2, 0) is 10.0 Å². The molecule has 1 aliphatic heterocycles. The quantitative estimate of drug-likeness (QED) is 0.827. The number of nitrogens with zero attached hydrogens (tertiary/aromatic N) is 1. The summed E-state index contributed by atoms with van der Waals surface area (Å²) in [4.78, 5) is 0.136. The molecule has 0 aromatic heterocycles. The Bertz CT molecular complexity index is 824. The average molecular weight is 358 g/mol. The first-order valence-corrected chi connectivity index (χ1v) is 8.94. The van der Waals surface area contributed by atoms with Gasteiger partial charge in [-0.25, -0.2) is 17.2 Å². The van der Waals surface area contributed by atoms with Gasteiger partial charge in [-0.3, -0.25) is 0 Å². The monoisotopic (exact) mass is 357 g/mol. The van der Waals surface area contributed by atoms with Crippen molar-refractivity contribution in [2.45, 2.75) is 23.8 Å². The van der Waals surface area contributed by atoms with Crippen LogP contribution < -0.4 is 0 Å². The molecule has 0 radical (unpaired) electrons. The number of halogens is 3. The highest BCUT2D eigenvalue weighted by Gasteiger charge is 2.36. The maximum atomic E-state index is 13.5. The van der Waals surface area contributed by atoms with Crippen LogP contribution in [-0.4, -0.2) is 19.3 Å². The SMILES string of the molecule is O=S(=O)(c1ccc(Cl)cc1)N1CCC[C@H]1c1ccc(F)c(F)c1. The Balaban J connectivity index is 1.97. The molecule has 2 aromatic carbocycles. The first-order valence-electron chi connectivity index (χ1n) is 7.12. The molecule has 1 atom stereocenters. The number of hydrogen-bond acceptors (Lipinski definition) is 2. The molecule has 7 heteroatoms. The molecule has 0 bridgehead atoms. The van der Waals surface area contributed by atoms with E-state index >= 15 is 0 Å². The maximum Gasteiger partial charge on any atom is 0.243 e. The van der Waals surface area contributed by atoms with Gasteiger partial charge in [0, 0.05) is 11.6 Å². The minimum Gasteiger partial charge on any atom is -0.207 e. The van der Waals surface area contributed by atoms with Crippen molar-refractivity contribution in [1.82, 2.24) is 4.31 Å². The van der Waals surface area contributed by atoms with E-state index in [4.69, 9.17) is 11.6 Å². The normalized spacial score (nSPS) is 19.2. The highest BCUT2D eigenvalue weighted by molar-refractivity contribution is 7.89. The summed E-state index contributed by atoms with van der Waals surface area (Å²) in [5.41, 5.74) is 0.457. The third-order valence-electron chi connectivity index (χ3n) is 3.95. The molecule has 1 fully saturated rings. The Kier molecular flexibility index (Phi) is 4.40. The van der Waals surface area contributed by atoms with Crippen LogP contribution in [0.1, 0.15) is 24.4 Å². The zero-order valence-corrected chi connectivity index (χ0v) is 13.6. The van der Waals surface area contributed by atoms with Gasteiger partial charge >= 0.3 is 0 Å². The number of rotatable bonds is 3. The summed E-state index contributed by atoms with van der Waals surface area (Å²) < 4.78 is 53.5. The topological polar surface area (TPSA) is 37.4 Å². The van der Waals surface area contributed by atoms with Crippen molar-refractivity contribution in [3.63, 3.8) is 0 Å². The van der Waals surface area contributed by atoms with Crippen LogP contribution in [0.4, 0.5) is 8.78 Å². The van der Waals surface area contributed by atoms with Crippen LogP contribution in [0.5, 0.6) is 0 Å². The summed E-state index contributed by atoms with van der Waals surface area (Å²) in [6, 6.07) is 8.93. The molecule has 1 heterocycles. The van der Waals surface area contributed by atoms with E-state index in [9.17, 15) is 17.2 Å². The smallest absolute Gasteiger partial charge is 0.207 e. The van der Waals surface area contributed by atoms with Crippen molar-refractivity contribution in [2.75, 3.05) is 6.54 Å². The van der Waals surface area contributed by atoms with Crippen molar-refractivity contribution in [1.29, 1.82) is 0 Å². The van der Waals surface area contributed by atoms with E-state index in [1.165, 1.54) is 34.6 Å². The largest absolute Gasteiger partial charge is 0.243 e. The van der Waals surface area contributed by atoms with E-state index in [1.807, 2.05) is 0 Å². The van der Waals surface area contributed by atoms with E-state index in [-0.39, 0.29) is 4.90 Å². The number of sulfonamides is 1. The zero-order chi connectivity index (χ0) is 16.6. The van der Waals surface area contributed by atoms with Gasteiger partial charge in [-0.05, 0) is 54.8 Å². The maximum absolute atomic E-state index is 13.5. The van der Waals surface area contributed by atoms with Gasteiger partial charge in [0.1, 0.15) is 0 Å². The van der Waals surface area contributed by atoms with E-state index in [0.29, 0.717) is 30.0 Å². The minimum atomic E-state index is -3.72. The molecule has 0 unspecified atom stereocenters. The Hall–Kier alpha value is -1.50. The molecule has 3 nitrogen and oxygen atoms in total. The molecule has 0 amide bonds. The van der Waals surface area contributed by atoms with Crippen molar-refractivity contribution >= 4 is 21.6 Å². The lowest BCUT2D eigenvalue weighted by atomic mass is 10.1. The highest BCUT2D eigenvalue weighted by Crippen LogP contribution is 2.37. The average Bonchev–Trinajstić information content (AvgIpc) is 3.01. The predicted octanol–water partition coefficient (Wildman–Crippen LogP) is 4.14. The van der Waals surface area contributed by atoms with Gasteiger partial charge in [-0.1, -0.05) is 17.7 Å². The second-order valence-corrected chi connectivity index (χ2v) is 7.73. The zero-order valence-electron chi connectivity index (χ0n) is 12.0. The standard InChI is InChI=1S/C16H14ClF2NO2S/c17-12-4-6-13(7-5-12)23(21,22)20-9-1-2-16(20)11-3-8-14(18)15(19)10-11/h3-8,10,16H,1-2,9H2/t16-/m0/s1.